The molecule has 3 nitrogen and oxygen atoms in total. The summed E-state index contributed by atoms with van der Waals surface area (Å²) in [6, 6.07) is 0. The highest BCUT2D eigenvalue weighted by Gasteiger charge is 2.29. The number of nitrogens with zero attached hydrogens (tertiary/aromatic N) is 1. The molecule has 15 heavy (non-hydrogen) atoms. The van der Waals surface area contributed by atoms with Crippen LogP contribution >= 0.6 is 0 Å². The molecule has 1 atom stereocenters. The van der Waals surface area contributed by atoms with Gasteiger partial charge in [0, 0.05) is 19.5 Å². The minimum absolute atomic E-state index is 0.0481. The van der Waals surface area contributed by atoms with E-state index in [2.05, 4.69) is 0 Å². The zero-order chi connectivity index (χ0) is 11.3. The van der Waals surface area contributed by atoms with E-state index >= 15 is 0 Å². The fraction of sp³-hybridized carbons (Fsp3) is 0.833. The molecular formula is C12H21NO2. The Bertz CT molecular complexity index is 234. The lowest BCUT2D eigenvalue weighted by Gasteiger charge is -2.23. The lowest BCUT2D eigenvalue weighted by Crippen LogP contribution is -2.38. The lowest BCUT2D eigenvalue weighted by atomic mass is 9.97. The van der Waals surface area contributed by atoms with E-state index in [0.717, 1.165) is 25.7 Å². The maximum atomic E-state index is 12.0. The number of amides is 1. The molecule has 0 saturated heterocycles. The lowest BCUT2D eigenvalue weighted by molar-refractivity contribution is -0.141. The number of rotatable bonds is 3. The van der Waals surface area contributed by atoms with Crippen molar-refractivity contribution in [2.24, 2.45) is 5.92 Å². The molecule has 0 bridgehead atoms. The molecule has 86 valence electrons. The predicted molar refractivity (Wildman–Crippen MR) is 59.5 cm³/mol. The minimum Gasteiger partial charge on any atom is -0.343 e. The van der Waals surface area contributed by atoms with Crippen LogP contribution in [0.25, 0.3) is 0 Å². The molecule has 0 aliphatic heterocycles. The Labute approximate surface area is 91.8 Å². The zero-order valence-electron chi connectivity index (χ0n) is 9.79. The van der Waals surface area contributed by atoms with Crippen LogP contribution in [-0.2, 0) is 9.59 Å². The van der Waals surface area contributed by atoms with Crippen LogP contribution in [0.3, 0.4) is 0 Å². The van der Waals surface area contributed by atoms with Crippen LogP contribution in [0.5, 0.6) is 0 Å². The van der Waals surface area contributed by atoms with Crippen LogP contribution in [0.4, 0.5) is 0 Å². The maximum absolute atomic E-state index is 12.0. The number of Topliss-reactive ketones (excluding diaryl/α,β-unsaturated/α-hetero) is 1. The summed E-state index contributed by atoms with van der Waals surface area (Å²) in [7, 11) is 0. The maximum Gasteiger partial charge on any atom is 0.233 e. The van der Waals surface area contributed by atoms with Crippen LogP contribution in [0.15, 0.2) is 0 Å². The molecule has 1 saturated carbocycles. The van der Waals surface area contributed by atoms with Gasteiger partial charge in [0.2, 0.25) is 5.91 Å². The topological polar surface area (TPSA) is 37.4 Å². The third-order valence-corrected chi connectivity index (χ3v) is 3.18. The van der Waals surface area contributed by atoms with Gasteiger partial charge in [0.05, 0.1) is 5.92 Å². The summed E-state index contributed by atoms with van der Waals surface area (Å²) in [5.41, 5.74) is 0. The summed E-state index contributed by atoms with van der Waals surface area (Å²) < 4.78 is 0. The average molecular weight is 211 g/mol. The van der Waals surface area contributed by atoms with Crippen molar-refractivity contribution in [3.63, 3.8) is 0 Å². The van der Waals surface area contributed by atoms with Gasteiger partial charge in [-0.3, -0.25) is 9.59 Å². The van der Waals surface area contributed by atoms with E-state index in [1.165, 1.54) is 0 Å². The second kappa shape index (κ2) is 5.89. The van der Waals surface area contributed by atoms with E-state index in [4.69, 9.17) is 0 Å². The van der Waals surface area contributed by atoms with E-state index in [1.54, 1.807) is 4.90 Å². The molecule has 1 unspecified atom stereocenters. The van der Waals surface area contributed by atoms with Crippen molar-refractivity contribution < 1.29 is 9.59 Å². The molecule has 1 aliphatic rings. The first-order chi connectivity index (χ1) is 7.20. The van der Waals surface area contributed by atoms with Gasteiger partial charge in [-0.25, -0.2) is 0 Å². The van der Waals surface area contributed by atoms with Gasteiger partial charge in [-0.15, -0.1) is 0 Å². The summed E-state index contributed by atoms with van der Waals surface area (Å²) in [5.74, 6) is -0.135. The zero-order valence-corrected chi connectivity index (χ0v) is 9.79. The summed E-state index contributed by atoms with van der Waals surface area (Å²) >= 11 is 0. The minimum atomic E-state index is -0.340. The molecule has 3 heteroatoms. The van der Waals surface area contributed by atoms with Crippen LogP contribution < -0.4 is 0 Å². The number of hydrogen-bond acceptors (Lipinski definition) is 2. The molecule has 1 fully saturated rings. The third kappa shape index (κ3) is 3.05. The molecule has 1 aliphatic carbocycles. The molecule has 1 amide bonds. The molecule has 0 aromatic heterocycles. The van der Waals surface area contributed by atoms with Gasteiger partial charge in [0.25, 0.3) is 0 Å². The van der Waals surface area contributed by atoms with Crippen molar-refractivity contribution in [1.29, 1.82) is 0 Å². The van der Waals surface area contributed by atoms with Crippen molar-refractivity contribution >= 4 is 11.7 Å². The monoisotopic (exact) mass is 211 g/mol. The second-order valence-corrected chi connectivity index (χ2v) is 4.13. The van der Waals surface area contributed by atoms with Crippen molar-refractivity contribution in [2.45, 2.75) is 46.0 Å². The van der Waals surface area contributed by atoms with Gasteiger partial charge in [-0.1, -0.05) is 12.8 Å². The van der Waals surface area contributed by atoms with E-state index in [9.17, 15) is 9.59 Å². The normalized spacial score (nSPS) is 22.3. The number of hydrogen-bond donors (Lipinski definition) is 0. The Morgan fingerprint density at radius 3 is 2.53 bits per heavy atom. The van der Waals surface area contributed by atoms with Gasteiger partial charge >= 0.3 is 0 Å². The summed E-state index contributed by atoms with van der Waals surface area (Å²) in [5, 5.41) is 0. The van der Waals surface area contributed by atoms with Gasteiger partial charge in [0.1, 0.15) is 5.78 Å². The highest BCUT2D eigenvalue weighted by molar-refractivity contribution is 6.01. The van der Waals surface area contributed by atoms with E-state index in [0.29, 0.717) is 19.5 Å². The van der Waals surface area contributed by atoms with E-state index in [1.807, 2.05) is 13.8 Å². The van der Waals surface area contributed by atoms with Crippen molar-refractivity contribution in [1.82, 2.24) is 4.90 Å². The summed E-state index contributed by atoms with van der Waals surface area (Å²) in [4.78, 5) is 25.5. The quantitative estimate of drug-likeness (QED) is 0.529. The fourth-order valence-electron chi connectivity index (χ4n) is 2.18. The predicted octanol–water partition coefficient (Wildman–Crippen LogP) is 2.00. The highest BCUT2D eigenvalue weighted by atomic mass is 16.2. The standard InChI is InChI=1S/C12H21NO2/c1-3-13(4-2)12(15)10-8-6-5-7-9-11(10)14/h10H,3-9H2,1-2H3. The van der Waals surface area contributed by atoms with Crippen LogP contribution in [0, 0.1) is 5.92 Å². The molecule has 0 spiro atoms. The van der Waals surface area contributed by atoms with Gasteiger partial charge < -0.3 is 4.90 Å². The third-order valence-electron chi connectivity index (χ3n) is 3.18. The molecule has 0 aromatic carbocycles. The highest BCUT2D eigenvalue weighted by Crippen LogP contribution is 2.21. The Balaban J connectivity index is 2.66. The second-order valence-electron chi connectivity index (χ2n) is 4.13. The largest absolute Gasteiger partial charge is 0.343 e. The van der Waals surface area contributed by atoms with Crippen molar-refractivity contribution in [2.75, 3.05) is 13.1 Å². The van der Waals surface area contributed by atoms with Crippen molar-refractivity contribution in [3.8, 4) is 0 Å². The number of carbonyl (C=O) groups is 2. The van der Waals surface area contributed by atoms with Gasteiger partial charge in [-0.05, 0) is 26.7 Å². The summed E-state index contributed by atoms with van der Waals surface area (Å²) in [6.45, 7) is 5.34. The van der Waals surface area contributed by atoms with Crippen LogP contribution in [0.2, 0.25) is 0 Å². The Hall–Kier alpha value is -0.860. The Kier molecular flexibility index (Phi) is 4.79. The van der Waals surface area contributed by atoms with Crippen LogP contribution in [-0.4, -0.2) is 29.7 Å². The fourth-order valence-corrected chi connectivity index (χ4v) is 2.18. The van der Waals surface area contributed by atoms with Gasteiger partial charge in [0.15, 0.2) is 0 Å². The van der Waals surface area contributed by atoms with Crippen molar-refractivity contribution in [3.05, 3.63) is 0 Å². The van der Waals surface area contributed by atoms with Crippen LogP contribution in [0.1, 0.15) is 46.0 Å². The summed E-state index contributed by atoms with van der Waals surface area (Å²) in [6.07, 6.45) is 4.42. The molecule has 0 heterocycles. The first kappa shape index (κ1) is 12.2. The van der Waals surface area contributed by atoms with Gasteiger partial charge in [-0.2, -0.15) is 0 Å². The smallest absolute Gasteiger partial charge is 0.233 e. The molecular weight excluding hydrogens is 190 g/mol. The average Bonchev–Trinajstić information content (AvgIpc) is 2.44. The Morgan fingerprint density at radius 2 is 1.93 bits per heavy atom. The van der Waals surface area contributed by atoms with E-state index in [-0.39, 0.29) is 17.6 Å². The number of ketones is 1. The first-order valence-electron chi connectivity index (χ1n) is 6.02. The molecule has 0 N–H and O–H groups in total. The number of carbonyl (C=O) groups excluding carboxylic acids is 2. The molecule has 1 rings (SSSR count). The molecule has 0 aromatic rings. The Morgan fingerprint density at radius 1 is 1.27 bits per heavy atom. The SMILES string of the molecule is CCN(CC)C(=O)C1CCCCCC1=O. The molecule has 0 radical (unpaired) electrons. The van der Waals surface area contributed by atoms with E-state index < -0.39 is 0 Å². The first-order valence-corrected chi connectivity index (χ1v) is 6.02.